The molecule has 0 bridgehead atoms. The summed E-state index contributed by atoms with van der Waals surface area (Å²) in [5.74, 6) is -0.931. The van der Waals surface area contributed by atoms with Gasteiger partial charge in [-0.1, -0.05) is 226 Å². The van der Waals surface area contributed by atoms with Crippen LogP contribution in [0.25, 0.3) is 0 Å². The standard InChI is InChI=1S/C64H106O6/c1-4-7-10-13-16-19-22-24-26-27-28-29-30-31-32-33-34-35-36-37-38-40-42-45-48-51-54-57-63(66)69-60-61(59-68-62(65)56-53-50-47-44-41-21-18-15-12-9-6-3)70-64(67)58-55-52-49-46-43-39-25-23-20-17-14-11-8-5-2/h7,10,15-16,18-19,23-26,28-29,31-32,34-35,37-38,61H,4-6,8-9,11-14,17,20-22,27,30,33,36,39-60H2,1-3H3/b10-7-,18-15-,19-16-,25-23-,26-24-,29-28-,32-31-,35-34-,38-37-. The fourth-order valence-corrected chi connectivity index (χ4v) is 7.63. The second kappa shape index (κ2) is 57.6. The highest BCUT2D eigenvalue weighted by Crippen LogP contribution is 2.14. The van der Waals surface area contributed by atoms with Crippen molar-refractivity contribution < 1.29 is 28.6 Å². The molecule has 0 radical (unpaired) electrons. The highest BCUT2D eigenvalue weighted by Gasteiger charge is 2.19. The maximum atomic E-state index is 12.8. The summed E-state index contributed by atoms with van der Waals surface area (Å²) in [7, 11) is 0. The van der Waals surface area contributed by atoms with Gasteiger partial charge in [-0.25, -0.2) is 0 Å². The summed E-state index contributed by atoms with van der Waals surface area (Å²) in [6, 6.07) is 0. The molecule has 0 aliphatic rings. The van der Waals surface area contributed by atoms with Crippen molar-refractivity contribution in [3.05, 3.63) is 109 Å². The van der Waals surface area contributed by atoms with E-state index in [-0.39, 0.29) is 31.1 Å². The quantitative estimate of drug-likeness (QED) is 0.0262. The Morgan fingerprint density at radius 1 is 0.300 bits per heavy atom. The third-order valence-electron chi connectivity index (χ3n) is 12.0. The smallest absolute Gasteiger partial charge is 0.306 e. The molecule has 1 unspecified atom stereocenters. The maximum absolute atomic E-state index is 12.8. The fraction of sp³-hybridized carbons (Fsp3) is 0.672. The molecule has 0 saturated carbocycles. The summed E-state index contributed by atoms with van der Waals surface area (Å²) in [6.07, 6.45) is 78.0. The minimum absolute atomic E-state index is 0.0929. The number of carbonyl (C=O) groups excluding carboxylic acids is 3. The lowest BCUT2D eigenvalue weighted by molar-refractivity contribution is -0.167. The molecule has 1 atom stereocenters. The van der Waals surface area contributed by atoms with Crippen LogP contribution in [0.3, 0.4) is 0 Å². The lowest BCUT2D eigenvalue weighted by atomic mass is 10.1. The van der Waals surface area contributed by atoms with Crippen molar-refractivity contribution in [1.82, 2.24) is 0 Å². The first-order valence-corrected chi connectivity index (χ1v) is 28.9. The molecule has 0 aliphatic heterocycles. The number of rotatable bonds is 51. The molecular formula is C64H106O6. The van der Waals surface area contributed by atoms with Crippen LogP contribution in [-0.2, 0) is 28.6 Å². The average molecular weight is 972 g/mol. The Hall–Kier alpha value is -3.93. The van der Waals surface area contributed by atoms with Gasteiger partial charge in [-0.3, -0.25) is 14.4 Å². The molecule has 0 N–H and O–H groups in total. The largest absolute Gasteiger partial charge is 0.462 e. The van der Waals surface area contributed by atoms with Gasteiger partial charge in [0.1, 0.15) is 13.2 Å². The predicted octanol–water partition coefficient (Wildman–Crippen LogP) is 19.5. The summed E-state index contributed by atoms with van der Waals surface area (Å²) in [5.41, 5.74) is 0. The molecule has 0 rings (SSSR count). The van der Waals surface area contributed by atoms with Gasteiger partial charge in [0.15, 0.2) is 6.10 Å². The molecule has 70 heavy (non-hydrogen) atoms. The van der Waals surface area contributed by atoms with Crippen LogP contribution in [0.5, 0.6) is 0 Å². The first-order chi connectivity index (χ1) is 34.5. The molecule has 0 aliphatic carbocycles. The monoisotopic (exact) mass is 971 g/mol. The molecular weight excluding hydrogens is 865 g/mol. The molecule has 0 spiro atoms. The molecule has 0 aromatic carbocycles. The number of ether oxygens (including phenoxy) is 3. The van der Waals surface area contributed by atoms with Gasteiger partial charge in [-0.2, -0.15) is 0 Å². The van der Waals surface area contributed by atoms with E-state index in [9.17, 15) is 14.4 Å². The van der Waals surface area contributed by atoms with Gasteiger partial charge in [0.2, 0.25) is 0 Å². The van der Waals surface area contributed by atoms with Crippen LogP contribution in [0.4, 0.5) is 0 Å². The van der Waals surface area contributed by atoms with Crippen LogP contribution in [0, 0.1) is 0 Å². The van der Waals surface area contributed by atoms with Gasteiger partial charge in [0.25, 0.3) is 0 Å². The zero-order chi connectivity index (χ0) is 50.7. The number of hydrogen-bond donors (Lipinski definition) is 0. The van der Waals surface area contributed by atoms with Crippen molar-refractivity contribution in [3.8, 4) is 0 Å². The van der Waals surface area contributed by atoms with E-state index in [4.69, 9.17) is 14.2 Å². The number of carbonyl (C=O) groups is 3. The van der Waals surface area contributed by atoms with Gasteiger partial charge in [0, 0.05) is 19.3 Å². The number of unbranched alkanes of at least 4 members (excludes halogenated alkanes) is 22. The SMILES string of the molecule is CC/C=C\C/C=C\C/C=C\C/C=C\C/C=C\C/C=C\C/C=C\CCCCCCCC(=O)OCC(COC(=O)CCCCCCC/C=C\CCCC)OC(=O)CCCCCCC/C=C\CCCCCCC. The van der Waals surface area contributed by atoms with E-state index < -0.39 is 6.10 Å². The normalized spacial score (nSPS) is 12.9. The van der Waals surface area contributed by atoms with Gasteiger partial charge in [-0.05, 0) is 122 Å². The van der Waals surface area contributed by atoms with Crippen LogP contribution in [-0.4, -0.2) is 37.2 Å². The minimum atomic E-state index is -0.795. The van der Waals surface area contributed by atoms with Gasteiger partial charge < -0.3 is 14.2 Å². The fourth-order valence-electron chi connectivity index (χ4n) is 7.63. The minimum Gasteiger partial charge on any atom is -0.462 e. The third kappa shape index (κ3) is 55.0. The Morgan fingerprint density at radius 2 is 0.571 bits per heavy atom. The molecule has 0 fully saturated rings. The van der Waals surface area contributed by atoms with Crippen molar-refractivity contribution in [3.63, 3.8) is 0 Å². The molecule has 0 aromatic rings. The van der Waals surface area contributed by atoms with E-state index in [1.807, 2.05) is 0 Å². The molecule has 6 nitrogen and oxygen atoms in total. The van der Waals surface area contributed by atoms with Crippen LogP contribution in [0.15, 0.2) is 109 Å². The summed E-state index contributed by atoms with van der Waals surface area (Å²) in [5, 5.41) is 0. The highest BCUT2D eigenvalue weighted by molar-refractivity contribution is 5.71. The van der Waals surface area contributed by atoms with Gasteiger partial charge >= 0.3 is 17.9 Å². The second-order valence-electron chi connectivity index (χ2n) is 18.8. The zero-order valence-corrected chi connectivity index (χ0v) is 45.5. The summed E-state index contributed by atoms with van der Waals surface area (Å²) >= 11 is 0. The van der Waals surface area contributed by atoms with Crippen molar-refractivity contribution in [2.24, 2.45) is 0 Å². The highest BCUT2D eigenvalue weighted by atomic mass is 16.6. The second-order valence-corrected chi connectivity index (χ2v) is 18.8. The number of esters is 3. The molecule has 398 valence electrons. The van der Waals surface area contributed by atoms with E-state index in [0.29, 0.717) is 19.3 Å². The van der Waals surface area contributed by atoms with Crippen LogP contribution >= 0.6 is 0 Å². The van der Waals surface area contributed by atoms with Crippen molar-refractivity contribution >= 4 is 17.9 Å². The molecule has 0 aromatic heterocycles. The Kier molecular flexibility index (Phi) is 54.4. The predicted molar refractivity (Wildman–Crippen MR) is 302 cm³/mol. The van der Waals surface area contributed by atoms with Crippen molar-refractivity contribution in [2.75, 3.05) is 13.2 Å². The van der Waals surface area contributed by atoms with Crippen molar-refractivity contribution in [2.45, 2.75) is 264 Å². The molecule has 0 amide bonds. The number of hydrogen-bond acceptors (Lipinski definition) is 6. The Bertz CT molecular complexity index is 1440. The first-order valence-electron chi connectivity index (χ1n) is 28.9. The Balaban J connectivity index is 4.34. The third-order valence-corrected chi connectivity index (χ3v) is 12.0. The van der Waals surface area contributed by atoms with E-state index in [1.165, 1.54) is 70.6 Å². The van der Waals surface area contributed by atoms with Gasteiger partial charge in [-0.15, -0.1) is 0 Å². The summed E-state index contributed by atoms with van der Waals surface area (Å²) < 4.78 is 16.8. The molecule has 0 heterocycles. The van der Waals surface area contributed by atoms with E-state index in [0.717, 1.165) is 148 Å². The van der Waals surface area contributed by atoms with Crippen molar-refractivity contribution in [1.29, 1.82) is 0 Å². The lowest BCUT2D eigenvalue weighted by Gasteiger charge is -2.18. The lowest BCUT2D eigenvalue weighted by Crippen LogP contribution is -2.30. The maximum Gasteiger partial charge on any atom is 0.306 e. The van der Waals surface area contributed by atoms with E-state index in [1.54, 1.807) is 0 Å². The summed E-state index contributed by atoms with van der Waals surface area (Å²) in [4.78, 5) is 38.1. The van der Waals surface area contributed by atoms with Crippen LogP contribution in [0.1, 0.15) is 258 Å². The first kappa shape index (κ1) is 66.1. The van der Waals surface area contributed by atoms with Gasteiger partial charge in [0.05, 0.1) is 0 Å². The molecule has 0 saturated heterocycles. The number of allylic oxidation sites excluding steroid dienone is 18. The van der Waals surface area contributed by atoms with E-state index >= 15 is 0 Å². The average Bonchev–Trinajstić information content (AvgIpc) is 3.36. The molecule has 6 heteroatoms. The Labute approximate surface area is 431 Å². The summed E-state index contributed by atoms with van der Waals surface area (Å²) in [6.45, 7) is 6.44. The topological polar surface area (TPSA) is 78.9 Å². The van der Waals surface area contributed by atoms with E-state index in [2.05, 4.69) is 130 Å². The Morgan fingerprint density at radius 3 is 0.929 bits per heavy atom. The zero-order valence-electron chi connectivity index (χ0n) is 45.5. The van der Waals surface area contributed by atoms with Crippen LogP contribution in [0.2, 0.25) is 0 Å². The van der Waals surface area contributed by atoms with Crippen LogP contribution < -0.4 is 0 Å².